The zero-order valence-corrected chi connectivity index (χ0v) is 19.7. The number of aromatic nitrogens is 1. The number of piperidine rings is 1. The molecule has 34 heavy (non-hydrogen) atoms. The average molecular weight is 460 g/mol. The highest BCUT2D eigenvalue weighted by Gasteiger charge is 2.25. The standard InChI is InChI=1S/C27H33N5O2/c1-31(22-12-14-32(15-13-22)16-17-33)27(34)28-21-8-10-24-20(18-21)7-11-26(29-24)30-25-9-6-19-4-2-3-5-23(19)25/h2-5,7-8,10-11,18,22,25,33H,6,9,12-17H2,1H3,(H,28,34)(H,29,30)/t25-/m1/s1. The van der Waals surface area contributed by atoms with E-state index in [1.807, 2.05) is 36.2 Å². The molecule has 1 atom stereocenters. The number of aryl methyl sites for hydroxylation is 1. The third-order valence-corrected chi connectivity index (χ3v) is 7.24. The Morgan fingerprint density at radius 3 is 2.76 bits per heavy atom. The molecule has 1 aliphatic carbocycles. The first-order valence-corrected chi connectivity index (χ1v) is 12.2. The van der Waals surface area contributed by atoms with Crippen LogP contribution in [0.5, 0.6) is 0 Å². The molecular weight excluding hydrogens is 426 g/mol. The Bertz CT molecular complexity index is 1160. The number of urea groups is 1. The van der Waals surface area contributed by atoms with E-state index in [1.54, 1.807) is 0 Å². The second kappa shape index (κ2) is 9.99. The van der Waals surface area contributed by atoms with Crippen molar-refractivity contribution >= 4 is 28.4 Å². The molecule has 0 radical (unpaired) electrons. The Hall–Kier alpha value is -3.16. The molecule has 1 aliphatic heterocycles. The van der Waals surface area contributed by atoms with Crippen molar-refractivity contribution in [1.29, 1.82) is 0 Å². The lowest BCUT2D eigenvalue weighted by molar-refractivity contribution is 0.123. The van der Waals surface area contributed by atoms with Crippen molar-refractivity contribution in [3.63, 3.8) is 0 Å². The van der Waals surface area contributed by atoms with Gasteiger partial charge in [0.25, 0.3) is 0 Å². The normalized spacial score (nSPS) is 18.6. The van der Waals surface area contributed by atoms with Crippen LogP contribution in [-0.2, 0) is 6.42 Å². The summed E-state index contributed by atoms with van der Waals surface area (Å²) in [6, 6.07) is 19.0. The van der Waals surface area contributed by atoms with E-state index in [4.69, 9.17) is 10.1 Å². The lowest BCUT2D eigenvalue weighted by Crippen LogP contribution is -2.47. The van der Waals surface area contributed by atoms with Gasteiger partial charge in [-0.15, -0.1) is 0 Å². The highest BCUT2D eigenvalue weighted by atomic mass is 16.3. The van der Waals surface area contributed by atoms with Crippen molar-refractivity contribution in [2.24, 2.45) is 0 Å². The molecule has 3 aromatic rings. The maximum absolute atomic E-state index is 12.8. The Kier molecular flexibility index (Phi) is 6.65. The van der Waals surface area contributed by atoms with E-state index in [1.165, 1.54) is 11.1 Å². The number of hydrogen-bond donors (Lipinski definition) is 3. The molecule has 178 valence electrons. The van der Waals surface area contributed by atoms with Gasteiger partial charge in [-0.2, -0.15) is 0 Å². The van der Waals surface area contributed by atoms with Crippen LogP contribution in [-0.4, -0.2) is 65.3 Å². The summed E-state index contributed by atoms with van der Waals surface area (Å²) in [5.74, 6) is 0.873. The molecule has 2 aromatic carbocycles. The van der Waals surface area contributed by atoms with E-state index in [9.17, 15) is 4.79 Å². The molecule has 7 nitrogen and oxygen atoms in total. The lowest BCUT2D eigenvalue weighted by atomic mass is 10.0. The molecule has 1 fully saturated rings. The highest BCUT2D eigenvalue weighted by Crippen LogP contribution is 2.33. The first-order chi connectivity index (χ1) is 16.6. The number of fused-ring (bicyclic) bond motifs is 2. The van der Waals surface area contributed by atoms with E-state index in [0.29, 0.717) is 12.6 Å². The summed E-state index contributed by atoms with van der Waals surface area (Å²) in [7, 11) is 1.86. The minimum absolute atomic E-state index is 0.0916. The molecule has 2 amide bonds. The van der Waals surface area contributed by atoms with Crippen LogP contribution in [0.3, 0.4) is 0 Å². The number of carbonyl (C=O) groups excluding carboxylic acids is 1. The molecule has 7 heteroatoms. The minimum Gasteiger partial charge on any atom is -0.395 e. The van der Waals surface area contributed by atoms with E-state index in [2.05, 4.69) is 45.9 Å². The molecule has 1 aromatic heterocycles. The smallest absolute Gasteiger partial charge is 0.321 e. The van der Waals surface area contributed by atoms with Crippen molar-refractivity contribution < 1.29 is 9.90 Å². The van der Waals surface area contributed by atoms with Crippen molar-refractivity contribution in [2.45, 2.75) is 37.8 Å². The molecule has 0 bridgehead atoms. The molecular formula is C27H33N5O2. The summed E-state index contributed by atoms with van der Waals surface area (Å²) in [6.45, 7) is 2.71. The first-order valence-electron chi connectivity index (χ1n) is 12.2. The van der Waals surface area contributed by atoms with Crippen molar-refractivity contribution in [3.8, 4) is 0 Å². The maximum atomic E-state index is 12.8. The molecule has 3 N–H and O–H groups in total. The molecule has 2 heterocycles. The predicted molar refractivity (Wildman–Crippen MR) is 136 cm³/mol. The third-order valence-electron chi connectivity index (χ3n) is 7.24. The van der Waals surface area contributed by atoms with Crippen LogP contribution in [0.1, 0.15) is 36.4 Å². The van der Waals surface area contributed by atoms with Crippen LogP contribution in [0.15, 0.2) is 54.6 Å². The van der Waals surface area contributed by atoms with Gasteiger partial charge in [0.2, 0.25) is 0 Å². The van der Waals surface area contributed by atoms with Crippen LogP contribution in [0.4, 0.5) is 16.3 Å². The van der Waals surface area contributed by atoms with Gasteiger partial charge in [-0.1, -0.05) is 24.3 Å². The Morgan fingerprint density at radius 1 is 1.12 bits per heavy atom. The number of anilines is 2. The number of aliphatic hydroxyl groups is 1. The number of rotatable bonds is 6. The van der Waals surface area contributed by atoms with Gasteiger partial charge < -0.3 is 25.5 Å². The summed E-state index contributed by atoms with van der Waals surface area (Å²) in [6.07, 6.45) is 4.03. The van der Waals surface area contributed by atoms with Gasteiger partial charge in [0.1, 0.15) is 5.82 Å². The molecule has 0 unspecified atom stereocenters. The van der Waals surface area contributed by atoms with Crippen molar-refractivity contribution in [2.75, 3.05) is 43.9 Å². The van der Waals surface area contributed by atoms with Gasteiger partial charge >= 0.3 is 6.03 Å². The van der Waals surface area contributed by atoms with Crippen LogP contribution in [0.2, 0.25) is 0 Å². The monoisotopic (exact) mass is 459 g/mol. The number of nitrogens with zero attached hydrogens (tertiary/aromatic N) is 3. The summed E-state index contributed by atoms with van der Waals surface area (Å²) >= 11 is 0. The quantitative estimate of drug-likeness (QED) is 0.513. The highest BCUT2D eigenvalue weighted by molar-refractivity contribution is 5.93. The van der Waals surface area contributed by atoms with Crippen LogP contribution in [0, 0.1) is 0 Å². The fourth-order valence-corrected chi connectivity index (χ4v) is 5.22. The summed E-state index contributed by atoms with van der Waals surface area (Å²) < 4.78 is 0. The first kappa shape index (κ1) is 22.6. The second-order valence-corrected chi connectivity index (χ2v) is 9.38. The maximum Gasteiger partial charge on any atom is 0.321 e. The number of carbonyl (C=O) groups is 1. The number of pyridine rings is 1. The molecule has 5 rings (SSSR count). The van der Waals surface area contributed by atoms with Gasteiger partial charge in [0, 0.05) is 43.8 Å². The summed E-state index contributed by atoms with van der Waals surface area (Å²) in [4.78, 5) is 21.7. The largest absolute Gasteiger partial charge is 0.395 e. The Balaban J connectivity index is 1.21. The Morgan fingerprint density at radius 2 is 1.94 bits per heavy atom. The number of amides is 2. The zero-order valence-electron chi connectivity index (χ0n) is 19.7. The number of nitrogens with one attached hydrogen (secondary N) is 2. The van der Waals surface area contributed by atoms with Crippen molar-refractivity contribution in [3.05, 3.63) is 65.7 Å². The number of hydrogen-bond acceptors (Lipinski definition) is 5. The third kappa shape index (κ3) is 4.86. The van der Waals surface area contributed by atoms with Crippen LogP contribution >= 0.6 is 0 Å². The summed E-state index contributed by atoms with van der Waals surface area (Å²) in [5.41, 5.74) is 4.46. The second-order valence-electron chi connectivity index (χ2n) is 9.38. The minimum atomic E-state index is -0.0916. The number of aliphatic hydroxyl groups excluding tert-OH is 1. The predicted octanol–water partition coefficient (Wildman–Crippen LogP) is 4.25. The summed E-state index contributed by atoms with van der Waals surface area (Å²) in [5, 5.41) is 16.7. The fourth-order valence-electron chi connectivity index (χ4n) is 5.22. The number of benzene rings is 2. The molecule has 2 aliphatic rings. The van der Waals surface area contributed by atoms with Gasteiger partial charge in [-0.25, -0.2) is 9.78 Å². The van der Waals surface area contributed by atoms with Gasteiger partial charge in [0.05, 0.1) is 18.2 Å². The Labute approximate surface area is 200 Å². The topological polar surface area (TPSA) is 80.7 Å². The van der Waals surface area contributed by atoms with Gasteiger partial charge in [-0.3, -0.25) is 0 Å². The van der Waals surface area contributed by atoms with Gasteiger partial charge in [-0.05, 0) is 67.1 Å². The molecule has 1 saturated heterocycles. The molecule has 0 saturated carbocycles. The lowest BCUT2D eigenvalue weighted by Gasteiger charge is -2.36. The van der Waals surface area contributed by atoms with Crippen LogP contribution in [0.25, 0.3) is 10.9 Å². The van der Waals surface area contributed by atoms with Gasteiger partial charge in [0.15, 0.2) is 0 Å². The number of likely N-dealkylation sites (tertiary alicyclic amines) is 1. The zero-order chi connectivity index (χ0) is 23.5. The van der Waals surface area contributed by atoms with E-state index in [0.717, 1.165) is 61.2 Å². The fraction of sp³-hybridized carbons (Fsp3) is 0.407. The number of β-amino-alcohol motifs (C(OH)–C–C–N with tert-alkyl or cyclic N) is 1. The van der Waals surface area contributed by atoms with Crippen LogP contribution < -0.4 is 10.6 Å². The van der Waals surface area contributed by atoms with E-state index < -0.39 is 0 Å². The average Bonchev–Trinajstić information content (AvgIpc) is 3.27. The van der Waals surface area contributed by atoms with Crippen molar-refractivity contribution in [1.82, 2.24) is 14.8 Å². The van der Waals surface area contributed by atoms with E-state index in [-0.39, 0.29) is 18.7 Å². The molecule has 0 spiro atoms. The van der Waals surface area contributed by atoms with E-state index >= 15 is 0 Å². The SMILES string of the molecule is CN(C(=O)Nc1ccc2nc(N[C@@H]3CCc4ccccc43)ccc2c1)C1CCN(CCO)CC1.